The van der Waals surface area contributed by atoms with Crippen LogP contribution in [0.2, 0.25) is 0 Å². The van der Waals surface area contributed by atoms with Gasteiger partial charge in [-0.05, 0) is 30.5 Å². The maximum atomic E-state index is 5.62. The molecule has 0 radical (unpaired) electrons. The van der Waals surface area contributed by atoms with Crippen molar-refractivity contribution in [1.82, 2.24) is 5.43 Å². The summed E-state index contributed by atoms with van der Waals surface area (Å²) in [7, 11) is 3.30. The summed E-state index contributed by atoms with van der Waals surface area (Å²) in [6.07, 6.45) is 5.69. The Balaban J connectivity index is 2.63. The zero-order valence-electron chi connectivity index (χ0n) is 12.2. The zero-order chi connectivity index (χ0) is 14.1. The van der Waals surface area contributed by atoms with Crippen LogP contribution >= 0.6 is 0 Å². The Morgan fingerprint density at radius 3 is 2.47 bits per heavy atom. The van der Waals surface area contributed by atoms with Gasteiger partial charge in [0.25, 0.3) is 0 Å². The van der Waals surface area contributed by atoms with Crippen molar-refractivity contribution in [2.24, 2.45) is 5.84 Å². The molecule has 1 aromatic carbocycles. The summed E-state index contributed by atoms with van der Waals surface area (Å²) in [4.78, 5) is 0. The van der Waals surface area contributed by atoms with Gasteiger partial charge in [0.2, 0.25) is 0 Å². The van der Waals surface area contributed by atoms with Crippen molar-refractivity contribution in [1.29, 1.82) is 0 Å². The molecular formula is C15H26N2O2. The van der Waals surface area contributed by atoms with Crippen LogP contribution in [0.25, 0.3) is 0 Å². The van der Waals surface area contributed by atoms with E-state index in [2.05, 4.69) is 18.4 Å². The van der Waals surface area contributed by atoms with Crippen molar-refractivity contribution in [2.45, 2.75) is 45.1 Å². The molecule has 0 saturated heterocycles. The molecule has 0 spiro atoms. The Kier molecular flexibility index (Phi) is 7.30. The zero-order valence-corrected chi connectivity index (χ0v) is 12.2. The molecule has 0 fully saturated rings. The SMILES string of the molecule is CCCCCC(Cc1ccc(OC)c(OC)c1)NN. The number of nitrogens with two attached hydrogens (primary N) is 1. The number of nitrogens with one attached hydrogen (secondary N) is 1. The molecule has 0 aliphatic rings. The molecule has 3 N–H and O–H groups in total. The van der Waals surface area contributed by atoms with Crippen LogP contribution in [0, 0.1) is 0 Å². The van der Waals surface area contributed by atoms with E-state index in [0.29, 0.717) is 6.04 Å². The lowest BCUT2D eigenvalue weighted by atomic mass is 10.0. The number of methoxy groups -OCH3 is 2. The number of unbranched alkanes of at least 4 members (excludes halogenated alkanes) is 2. The lowest BCUT2D eigenvalue weighted by molar-refractivity contribution is 0.354. The van der Waals surface area contributed by atoms with Gasteiger partial charge in [-0.1, -0.05) is 32.3 Å². The maximum absolute atomic E-state index is 5.62. The summed E-state index contributed by atoms with van der Waals surface area (Å²) in [5.74, 6) is 7.15. The van der Waals surface area contributed by atoms with Crippen LogP contribution in [0.15, 0.2) is 18.2 Å². The minimum Gasteiger partial charge on any atom is -0.493 e. The van der Waals surface area contributed by atoms with Crippen LogP contribution in [0.1, 0.15) is 38.2 Å². The molecular weight excluding hydrogens is 240 g/mol. The maximum Gasteiger partial charge on any atom is 0.160 e. The van der Waals surface area contributed by atoms with Crippen molar-refractivity contribution in [3.05, 3.63) is 23.8 Å². The molecule has 0 bridgehead atoms. The summed E-state index contributed by atoms with van der Waals surface area (Å²) in [5.41, 5.74) is 4.11. The van der Waals surface area contributed by atoms with E-state index in [0.717, 1.165) is 24.3 Å². The molecule has 4 heteroatoms. The average molecular weight is 266 g/mol. The van der Waals surface area contributed by atoms with Gasteiger partial charge in [-0.2, -0.15) is 0 Å². The van der Waals surface area contributed by atoms with E-state index in [1.165, 1.54) is 24.8 Å². The normalized spacial score (nSPS) is 12.2. The molecule has 0 aromatic heterocycles. The van der Waals surface area contributed by atoms with E-state index >= 15 is 0 Å². The van der Waals surface area contributed by atoms with E-state index in [-0.39, 0.29) is 0 Å². The highest BCUT2D eigenvalue weighted by Gasteiger charge is 2.10. The first kappa shape index (κ1) is 15.8. The minimum absolute atomic E-state index is 0.310. The molecule has 1 atom stereocenters. The van der Waals surface area contributed by atoms with Gasteiger partial charge in [0, 0.05) is 6.04 Å². The summed E-state index contributed by atoms with van der Waals surface area (Å²) < 4.78 is 10.6. The molecule has 108 valence electrons. The first-order valence-corrected chi connectivity index (χ1v) is 6.92. The third kappa shape index (κ3) is 5.09. The quantitative estimate of drug-likeness (QED) is 0.410. The van der Waals surface area contributed by atoms with Crippen molar-refractivity contribution < 1.29 is 9.47 Å². The third-order valence-corrected chi connectivity index (χ3v) is 3.32. The van der Waals surface area contributed by atoms with E-state index < -0.39 is 0 Å². The second-order valence-electron chi connectivity index (χ2n) is 4.75. The number of benzene rings is 1. The molecule has 19 heavy (non-hydrogen) atoms. The lowest BCUT2D eigenvalue weighted by Crippen LogP contribution is -2.36. The fourth-order valence-electron chi connectivity index (χ4n) is 2.18. The number of ether oxygens (including phenoxy) is 2. The first-order chi connectivity index (χ1) is 9.24. The number of hydrogen-bond acceptors (Lipinski definition) is 4. The molecule has 0 aliphatic carbocycles. The highest BCUT2D eigenvalue weighted by molar-refractivity contribution is 5.43. The molecule has 1 unspecified atom stereocenters. The van der Waals surface area contributed by atoms with Crippen molar-refractivity contribution in [3.63, 3.8) is 0 Å². The number of rotatable bonds is 9. The minimum atomic E-state index is 0.310. The van der Waals surface area contributed by atoms with Crippen molar-refractivity contribution >= 4 is 0 Å². The number of hydrogen-bond donors (Lipinski definition) is 2. The summed E-state index contributed by atoms with van der Waals surface area (Å²) in [6.45, 7) is 2.21. The third-order valence-electron chi connectivity index (χ3n) is 3.32. The predicted octanol–water partition coefficient (Wildman–Crippen LogP) is 2.66. The molecule has 0 heterocycles. The Hall–Kier alpha value is -1.26. The van der Waals surface area contributed by atoms with Gasteiger partial charge < -0.3 is 9.47 Å². The summed E-state index contributed by atoms with van der Waals surface area (Å²) >= 11 is 0. The van der Waals surface area contributed by atoms with E-state index in [9.17, 15) is 0 Å². The topological polar surface area (TPSA) is 56.5 Å². The van der Waals surface area contributed by atoms with Crippen molar-refractivity contribution in [2.75, 3.05) is 14.2 Å². The summed E-state index contributed by atoms with van der Waals surface area (Å²) in [6, 6.07) is 6.33. The highest BCUT2D eigenvalue weighted by Crippen LogP contribution is 2.28. The van der Waals surface area contributed by atoms with Gasteiger partial charge in [0.1, 0.15) is 0 Å². The Bertz CT molecular complexity index is 369. The van der Waals surface area contributed by atoms with Crippen LogP contribution in [-0.2, 0) is 6.42 Å². The molecule has 0 amide bonds. The van der Waals surface area contributed by atoms with Gasteiger partial charge in [0.05, 0.1) is 14.2 Å². The van der Waals surface area contributed by atoms with Crippen LogP contribution in [0.5, 0.6) is 11.5 Å². The van der Waals surface area contributed by atoms with Crippen LogP contribution < -0.4 is 20.7 Å². The fraction of sp³-hybridized carbons (Fsp3) is 0.600. The highest BCUT2D eigenvalue weighted by atomic mass is 16.5. The standard InChI is InChI=1S/C15H26N2O2/c1-4-5-6-7-13(17-16)10-12-8-9-14(18-2)15(11-12)19-3/h8-9,11,13,17H,4-7,10,16H2,1-3H3. The monoisotopic (exact) mass is 266 g/mol. The second kappa shape index (κ2) is 8.77. The van der Waals surface area contributed by atoms with Crippen molar-refractivity contribution in [3.8, 4) is 11.5 Å². The van der Waals surface area contributed by atoms with Gasteiger partial charge in [-0.15, -0.1) is 0 Å². The lowest BCUT2D eigenvalue weighted by Gasteiger charge is -2.17. The molecule has 1 aromatic rings. The Labute approximate surface area is 116 Å². The molecule has 0 saturated carbocycles. The van der Waals surface area contributed by atoms with Crippen LogP contribution in [0.3, 0.4) is 0 Å². The van der Waals surface area contributed by atoms with E-state index in [4.69, 9.17) is 15.3 Å². The van der Waals surface area contributed by atoms with E-state index in [1.54, 1.807) is 14.2 Å². The Morgan fingerprint density at radius 2 is 1.89 bits per heavy atom. The molecule has 1 rings (SSSR count). The van der Waals surface area contributed by atoms with E-state index in [1.807, 2.05) is 12.1 Å². The molecule has 4 nitrogen and oxygen atoms in total. The van der Waals surface area contributed by atoms with Gasteiger partial charge in [0.15, 0.2) is 11.5 Å². The Morgan fingerprint density at radius 1 is 1.16 bits per heavy atom. The number of hydrazine groups is 1. The van der Waals surface area contributed by atoms with Gasteiger partial charge >= 0.3 is 0 Å². The fourth-order valence-corrected chi connectivity index (χ4v) is 2.18. The van der Waals surface area contributed by atoms with Crippen LogP contribution in [0.4, 0.5) is 0 Å². The largest absolute Gasteiger partial charge is 0.493 e. The van der Waals surface area contributed by atoms with Gasteiger partial charge in [-0.25, -0.2) is 0 Å². The van der Waals surface area contributed by atoms with Crippen LogP contribution in [-0.4, -0.2) is 20.3 Å². The summed E-state index contributed by atoms with van der Waals surface area (Å²) in [5, 5.41) is 0. The van der Waals surface area contributed by atoms with Gasteiger partial charge in [-0.3, -0.25) is 11.3 Å². The smallest absolute Gasteiger partial charge is 0.160 e. The first-order valence-electron chi connectivity index (χ1n) is 6.92. The molecule has 0 aliphatic heterocycles. The second-order valence-corrected chi connectivity index (χ2v) is 4.75. The predicted molar refractivity (Wildman–Crippen MR) is 78.5 cm³/mol. The average Bonchev–Trinajstić information content (AvgIpc) is 2.46.